The molecule has 0 aromatic heterocycles. The number of nitrogens with one attached hydrogen (secondary N) is 4. The lowest BCUT2D eigenvalue weighted by Gasteiger charge is -2.25. The van der Waals surface area contributed by atoms with E-state index in [-0.39, 0.29) is 24.2 Å². The summed E-state index contributed by atoms with van der Waals surface area (Å²) in [5.41, 5.74) is 0. The second-order valence-corrected chi connectivity index (χ2v) is 10.9. The van der Waals surface area contributed by atoms with Crippen molar-refractivity contribution in [2.24, 2.45) is 5.92 Å². The quantitative estimate of drug-likeness (QED) is 0.156. The first-order valence-corrected chi connectivity index (χ1v) is 14.4. The van der Waals surface area contributed by atoms with Crippen LogP contribution in [0.25, 0.3) is 0 Å². The van der Waals surface area contributed by atoms with Gasteiger partial charge < -0.3 is 31.3 Å². The first-order chi connectivity index (χ1) is 18.5. The molecule has 0 unspecified atom stereocenters. The van der Waals surface area contributed by atoms with Crippen LogP contribution in [0.15, 0.2) is 24.3 Å². The Morgan fingerprint density at radius 2 is 1.67 bits per heavy atom. The minimum atomic E-state index is -1.18. The summed E-state index contributed by atoms with van der Waals surface area (Å²) in [6.45, 7) is 6.74. The summed E-state index contributed by atoms with van der Waals surface area (Å²) < 4.78 is 0. The highest BCUT2D eigenvalue weighted by Gasteiger charge is 2.29. The van der Waals surface area contributed by atoms with Gasteiger partial charge in [-0.1, -0.05) is 64.2 Å². The molecule has 0 radical (unpaired) electrons. The van der Waals surface area contributed by atoms with E-state index >= 15 is 0 Å². The van der Waals surface area contributed by atoms with Crippen molar-refractivity contribution < 1.29 is 24.3 Å². The smallest absolute Gasteiger partial charge is 0.247 e. The molecule has 10 heteroatoms. The summed E-state index contributed by atoms with van der Waals surface area (Å²) in [6.07, 6.45) is 13.4. The molecule has 1 aliphatic rings. The number of rotatable bonds is 15. The van der Waals surface area contributed by atoms with Gasteiger partial charge in [0.1, 0.15) is 12.1 Å². The van der Waals surface area contributed by atoms with Gasteiger partial charge >= 0.3 is 0 Å². The molecule has 1 rings (SSSR count). The minimum Gasteiger partial charge on any atom is -0.391 e. The predicted molar refractivity (Wildman–Crippen MR) is 154 cm³/mol. The van der Waals surface area contributed by atoms with Crippen molar-refractivity contribution in [3.05, 3.63) is 24.3 Å². The van der Waals surface area contributed by atoms with Crippen LogP contribution >= 0.6 is 0 Å². The molecule has 4 amide bonds. The van der Waals surface area contributed by atoms with Crippen LogP contribution in [0.5, 0.6) is 0 Å². The molecule has 10 nitrogen and oxygen atoms in total. The van der Waals surface area contributed by atoms with Gasteiger partial charge in [0.25, 0.3) is 0 Å². The number of hydrogen-bond donors (Lipinski definition) is 5. The molecule has 39 heavy (non-hydrogen) atoms. The second kappa shape index (κ2) is 19.4. The highest BCUT2D eigenvalue weighted by Crippen LogP contribution is 2.10. The predicted octanol–water partition coefficient (Wildman–Crippen LogP) is 1.79. The fraction of sp³-hybridized carbons (Fsp3) is 0.724. The highest BCUT2D eigenvalue weighted by atomic mass is 16.3. The SMILES string of the molecule is CC(C)[C@H]1/C=C/C(=O)NCC/C=C/[C@H](NC(=O)[C@@H](NC(=O)CCCCCCCCCN(C)C)[C@@H](C)O)C(=O)N1. The molecule has 1 heterocycles. The Morgan fingerprint density at radius 1 is 1.03 bits per heavy atom. The van der Waals surface area contributed by atoms with Crippen LogP contribution in [0.2, 0.25) is 0 Å². The monoisotopic (exact) mass is 549 g/mol. The number of nitrogens with zero attached hydrogens (tertiary/aromatic N) is 1. The third-order valence-corrected chi connectivity index (χ3v) is 6.59. The van der Waals surface area contributed by atoms with E-state index in [4.69, 9.17) is 0 Å². The van der Waals surface area contributed by atoms with Crippen LogP contribution in [0.3, 0.4) is 0 Å². The molecule has 222 valence electrons. The van der Waals surface area contributed by atoms with Crippen LogP contribution in [0.4, 0.5) is 0 Å². The molecule has 0 spiro atoms. The van der Waals surface area contributed by atoms with Crippen molar-refractivity contribution in [2.45, 2.75) is 103 Å². The topological polar surface area (TPSA) is 140 Å². The van der Waals surface area contributed by atoms with E-state index in [1.54, 1.807) is 18.2 Å². The number of aliphatic hydroxyl groups is 1. The van der Waals surface area contributed by atoms with Crippen molar-refractivity contribution in [3.8, 4) is 0 Å². The number of carbonyl (C=O) groups excluding carboxylic acids is 4. The van der Waals surface area contributed by atoms with Gasteiger partial charge in [-0.25, -0.2) is 0 Å². The number of unbranched alkanes of at least 4 members (excludes halogenated alkanes) is 6. The van der Waals surface area contributed by atoms with Gasteiger partial charge in [-0.05, 0) is 52.7 Å². The largest absolute Gasteiger partial charge is 0.391 e. The van der Waals surface area contributed by atoms with Crippen LogP contribution in [0.1, 0.15) is 78.6 Å². The zero-order valence-electron chi connectivity index (χ0n) is 24.5. The molecule has 4 atom stereocenters. The summed E-state index contributed by atoms with van der Waals surface area (Å²) in [4.78, 5) is 52.7. The fourth-order valence-electron chi connectivity index (χ4n) is 4.14. The van der Waals surface area contributed by atoms with E-state index < -0.39 is 36.0 Å². The molecule has 0 aromatic rings. The molecule has 5 N–H and O–H groups in total. The molecule has 0 fully saturated rings. The zero-order valence-corrected chi connectivity index (χ0v) is 24.5. The maximum absolute atomic E-state index is 13.0. The van der Waals surface area contributed by atoms with Crippen molar-refractivity contribution in [1.82, 2.24) is 26.2 Å². The lowest BCUT2D eigenvalue weighted by molar-refractivity contribution is -0.133. The molecular formula is C29H51N5O5. The number of hydrogen-bond acceptors (Lipinski definition) is 6. The van der Waals surface area contributed by atoms with E-state index in [1.165, 1.54) is 32.3 Å². The third-order valence-electron chi connectivity index (χ3n) is 6.59. The lowest BCUT2D eigenvalue weighted by Crippen LogP contribution is -2.57. The average molecular weight is 550 g/mol. The number of amides is 4. The molecule has 0 aliphatic carbocycles. The molecule has 0 saturated heterocycles. The van der Waals surface area contributed by atoms with E-state index in [9.17, 15) is 24.3 Å². The van der Waals surface area contributed by atoms with Gasteiger partial charge in [-0.15, -0.1) is 0 Å². The molecule has 0 saturated carbocycles. The van der Waals surface area contributed by atoms with Crippen molar-refractivity contribution in [2.75, 3.05) is 27.2 Å². The molecule has 0 aromatic carbocycles. The number of aliphatic hydroxyl groups excluding tert-OH is 1. The van der Waals surface area contributed by atoms with E-state index in [1.807, 2.05) is 13.8 Å². The second-order valence-electron chi connectivity index (χ2n) is 10.9. The van der Waals surface area contributed by atoms with E-state index in [0.717, 1.165) is 25.8 Å². The van der Waals surface area contributed by atoms with Gasteiger partial charge in [-0.2, -0.15) is 0 Å². The average Bonchev–Trinajstić information content (AvgIpc) is 2.86. The van der Waals surface area contributed by atoms with Gasteiger partial charge in [-0.3, -0.25) is 19.2 Å². The van der Waals surface area contributed by atoms with Gasteiger partial charge in [0.2, 0.25) is 23.6 Å². The Bertz CT molecular complexity index is 825. The molecular weight excluding hydrogens is 498 g/mol. The van der Waals surface area contributed by atoms with Crippen molar-refractivity contribution in [3.63, 3.8) is 0 Å². The maximum atomic E-state index is 13.0. The summed E-state index contributed by atoms with van der Waals surface area (Å²) in [6, 6.07) is -2.60. The van der Waals surface area contributed by atoms with Crippen LogP contribution in [0, 0.1) is 5.92 Å². The van der Waals surface area contributed by atoms with E-state index in [0.29, 0.717) is 19.4 Å². The molecule has 0 bridgehead atoms. The Labute approximate surface area is 234 Å². The standard InChI is InChI=1S/C29H51N5O5/c1-21(2)23-17-18-25(36)30-19-13-12-15-24(28(38)31-23)32-29(39)27(22(3)35)33-26(37)16-11-9-7-6-8-10-14-20-34(4)5/h12,15,17-18,21-24,27,35H,6-11,13-14,16,19-20H2,1-5H3,(H,30,36)(H,31,38)(H,32,39)(H,33,37)/b15-12+,18-17+/t22-,23-,24+,27+/m1/s1. The minimum absolute atomic E-state index is 0.00819. The van der Waals surface area contributed by atoms with Gasteiger partial charge in [0, 0.05) is 25.1 Å². The van der Waals surface area contributed by atoms with E-state index in [2.05, 4.69) is 40.3 Å². The normalized spacial score (nSPS) is 21.6. The van der Waals surface area contributed by atoms with Gasteiger partial charge in [0.05, 0.1) is 6.10 Å². The van der Waals surface area contributed by atoms with Crippen LogP contribution in [-0.2, 0) is 19.2 Å². The summed E-state index contributed by atoms with van der Waals surface area (Å²) in [5, 5.41) is 21.1. The first-order valence-electron chi connectivity index (χ1n) is 14.4. The Morgan fingerprint density at radius 3 is 2.28 bits per heavy atom. The Balaban J connectivity index is 2.63. The summed E-state index contributed by atoms with van der Waals surface area (Å²) in [5.74, 6) is -1.62. The van der Waals surface area contributed by atoms with Crippen molar-refractivity contribution in [1.29, 1.82) is 0 Å². The highest BCUT2D eigenvalue weighted by molar-refractivity contribution is 5.93. The van der Waals surface area contributed by atoms with Crippen LogP contribution in [-0.4, -0.2) is 85.0 Å². The lowest BCUT2D eigenvalue weighted by atomic mass is 10.0. The third kappa shape index (κ3) is 15.5. The molecule has 1 aliphatic heterocycles. The Hall–Kier alpha value is -2.72. The van der Waals surface area contributed by atoms with Crippen molar-refractivity contribution >= 4 is 23.6 Å². The Kier molecular flexibility index (Phi) is 17.0. The number of carbonyl (C=O) groups is 4. The first kappa shape index (κ1) is 34.3. The van der Waals surface area contributed by atoms with Crippen LogP contribution < -0.4 is 21.3 Å². The maximum Gasteiger partial charge on any atom is 0.247 e. The summed E-state index contributed by atoms with van der Waals surface area (Å²) in [7, 11) is 4.16. The van der Waals surface area contributed by atoms with Gasteiger partial charge in [0.15, 0.2) is 0 Å². The zero-order chi connectivity index (χ0) is 29.2. The fourth-order valence-corrected chi connectivity index (χ4v) is 4.14. The summed E-state index contributed by atoms with van der Waals surface area (Å²) >= 11 is 0.